The fourth-order valence-corrected chi connectivity index (χ4v) is 1.85. The molecule has 0 aliphatic heterocycles. The van der Waals surface area contributed by atoms with E-state index in [9.17, 15) is 0 Å². The van der Waals surface area contributed by atoms with E-state index in [1.165, 1.54) is 0 Å². The number of nitrogens with zero attached hydrogens (tertiary/aromatic N) is 3. The highest BCUT2D eigenvalue weighted by atomic mass is 35.5. The maximum absolute atomic E-state index is 5.91. The van der Waals surface area contributed by atoms with Crippen molar-refractivity contribution in [3.05, 3.63) is 40.9 Å². The van der Waals surface area contributed by atoms with Gasteiger partial charge in [-0.1, -0.05) is 23.8 Å². The predicted molar refractivity (Wildman–Crippen MR) is 75.7 cm³/mol. The first kappa shape index (κ1) is 12.8. The third-order valence-corrected chi connectivity index (χ3v) is 2.79. The Labute approximate surface area is 115 Å². The van der Waals surface area contributed by atoms with Gasteiger partial charge in [0.1, 0.15) is 11.3 Å². The van der Waals surface area contributed by atoms with Gasteiger partial charge >= 0.3 is 0 Å². The number of rotatable bonds is 4. The molecule has 0 unspecified atom stereocenters. The third kappa shape index (κ3) is 2.96. The molecule has 0 saturated carbocycles. The number of benzene rings is 1. The van der Waals surface area contributed by atoms with Crippen LogP contribution >= 0.6 is 23.8 Å². The van der Waals surface area contributed by atoms with Gasteiger partial charge in [0.2, 0.25) is 0 Å². The van der Waals surface area contributed by atoms with Crippen LogP contribution in [0, 0.1) is 0 Å². The molecule has 94 valence electrons. The summed E-state index contributed by atoms with van der Waals surface area (Å²) < 4.78 is 1.65. The van der Waals surface area contributed by atoms with Crippen molar-refractivity contribution >= 4 is 34.5 Å². The summed E-state index contributed by atoms with van der Waals surface area (Å²) >= 11 is 10.9. The second-order valence-electron chi connectivity index (χ2n) is 3.74. The molecule has 2 rings (SSSR count). The highest BCUT2D eigenvalue weighted by molar-refractivity contribution is 7.80. The lowest BCUT2D eigenvalue weighted by Gasteiger charge is -2.10. The topological polar surface area (TPSA) is 68.8 Å². The van der Waals surface area contributed by atoms with Crippen LogP contribution in [0.5, 0.6) is 0 Å². The Morgan fingerprint density at radius 3 is 2.94 bits per heavy atom. The van der Waals surface area contributed by atoms with Crippen molar-refractivity contribution in [3.8, 4) is 0 Å². The smallest absolute Gasteiger partial charge is 0.169 e. The van der Waals surface area contributed by atoms with Crippen molar-refractivity contribution in [2.75, 3.05) is 5.32 Å². The lowest BCUT2D eigenvalue weighted by Crippen LogP contribution is -2.13. The van der Waals surface area contributed by atoms with E-state index < -0.39 is 0 Å². The zero-order valence-corrected chi connectivity index (χ0v) is 11.3. The zero-order valence-electron chi connectivity index (χ0n) is 9.72. The van der Waals surface area contributed by atoms with Crippen LogP contribution in [0.25, 0.3) is 0 Å². The van der Waals surface area contributed by atoms with Gasteiger partial charge in [-0.05, 0) is 18.2 Å². The SMILES string of the molecule is Cn1cnc(CNc2ccc(Cl)cc2C(N)=S)n1. The first-order valence-corrected chi connectivity index (χ1v) is 6.02. The van der Waals surface area contributed by atoms with Crippen molar-refractivity contribution < 1.29 is 0 Å². The quantitative estimate of drug-likeness (QED) is 0.835. The van der Waals surface area contributed by atoms with Crippen LogP contribution in [-0.4, -0.2) is 19.8 Å². The number of hydrogen-bond acceptors (Lipinski definition) is 4. The Balaban J connectivity index is 2.16. The van der Waals surface area contributed by atoms with E-state index in [1.54, 1.807) is 23.1 Å². The maximum Gasteiger partial charge on any atom is 0.169 e. The fraction of sp³-hybridized carbons (Fsp3) is 0.182. The van der Waals surface area contributed by atoms with Crippen LogP contribution in [0.3, 0.4) is 0 Å². The first-order chi connectivity index (χ1) is 8.56. The molecule has 0 spiro atoms. The molecule has 0 saturated heterocycles. The van der Waals surface area contributed by atoms with E-state index in [2.05, 4.69) is 15.4 Å². The molecule has 0 fully saturated rings. The number of nitrogens with two attached hydrogens (primary N) is 1. The molecule has 0 radical (unpaired) electrons. The number of halogens is 1. The zero-order chi connectivity index (χ0) is 13.1. The van der Waals surface area contributed by atoms with Crippen LogP contribution in [0.15, 0.2) is 24.5 Å². The van der Waals surface area contributed by atoms with Crippen molar-refractivity contribution in [1.82, 2.24) is 14.8 Å². The molecule has 1 aromatic carbocycles. The standard InChI is InChI=1S/C11H12ClN5S/c1-17-6-15-10(16-17)5-14-9-3-2-7(12)4-8(9)11(13)18/h2-4,6,14H,5H2,1H3,(H2,13,18). The molecule has 5 nitrogen and oxygen atoms in total. The molecule has 18 heavy (non-hydrogen) atoms. The summed E-state index contributed by atoms with van der Waals surface area (Å²) in [6.45, 7) is 0.498. The summed E-state index contributed by atoms with van der Waals surface area (Å²) in [5.41, 5.74) is 7.19. The summed E-state index contributed by atoms with van der Waals surface area (Å²) in [6, 6.07) is 5.34. The molecule has 0 aliphatic rings. The molecule has 0 bridgehead atoms. The molecular weight excluding hydrogens is 270 g/mol. The highest BCUT2D eigenvalue weighted by Gasteiger charge is 2.07. The lowest BCUT2D eigenvalue weighted by molar-refractivity contribution is 0.747. The van der Waals surface area contributed by atoms with E-state index in [0.717, 1.165) is 5.69 Å². The molecule has 0 atom stereocenters. The second kappa shape index (κ2) is 5.32. The minimum atomic E-state index is 0.300. The van der Waals surface area contributed by atoms with Gasteiger partial charge in [0.05, 0.1) is 6.54 Å². The van der Waals surface area contributed by atoms with Crippen LogP contribution in [0.1, 0.15) is 11.4 Å². The van der Waals surface area contributed by atoms with E-state index in [0.29, 0.717) is 27.9 Å². The largest absolute Gasteiger partial charge is 0.389 e. The number of nitrogens with one attached hydrogen (secondary N) is 1. The molecule has 1 heterocycles. The van der Waals surface area contributed by atoms with Gasteiger partial charge in [0.15, 0.2) is 5.82 Å². The minimum Gasteiger partial charge on any atom is -0.389 e. The molecule has 2 aromatic rings. The first-order valence-electron chi connectivity index (χ1n) is 5.24. The summed E-state index contributed by atoms with van der Waals surface area (Å²) in [6.07, 6.45) is 1.65. The van der Waals surface area contributed by atoms with E-state index in [-0.39, 0.29) is 0 Å². The number of thiocarbonyl (C=S) groups is 1. The molecule has 3 N–H and O–H groups in total. The molecule has 1 aromatic heterocycles. The fourth-order valence-electron chi connectivity index (χ4n) is 1.51. The number of hydrogen-bond donors (Lipinski definition) is 2. The molecule has 0 aliphatic carbocycles. The van der Waals surface area contributed by atoms with Crippen molar-refractivity contribution in [1.29, 1.82) is 0 Å². The van der Waals surface area contributed by atoms with Crippen LogP contribution in [0.2, 0.25) is 5.02 Å². The maximum atomic E-state index is 5.91. The summed E-state index contributed by atoms with van der Waals surface area (Å²) in [5, 5.41) is 7.95. The Morgan fingerprint density at radius 1 is 1.56 bits per heavy atom. The van der Waals surface area contributed by atoms with Gasteiger partial charge in [0, 0.05) is 23.3 Å². The highest BCUT2D eigenvalue weighted by Crippen LogP contribution is 2.21. The monoisotopic (exact) mass is 281 g/mol. The third-order valence-electron chi connectivity index (χ3n) is 2.33. The van der Waals surface area contributed by atoms with Crippen LogP contribution in [0.4, 0.5) is 5.69 Å². The number of aryl methyl sites for hydroxylation is 1. The van der Waals surface area contributed by atoms with E-state index in [1.807, 2.05) is 13.1 Å². The summed E-state index contributed by atoms with van der Waals surface area (Å²) in [5.74, 6) is 0.696. The van der Waals surface area contributed by atoms with Gasteiger partial charge in [-0.2, -0.15) is 5.10 Å². The Hall–Kier alpha value is -1.66. The van der Waals surface area contributed by atoms with Gasteiger partial charge in [-0.3, -0.25) is 4.68 Å². The number of anilines is 1. The van der Waals surface area contributed by atoms with Gasteiger partial charge < -0.3 is 11.1 Å². The Bertz CT molecular complexity index is 581. The van der Waals surface area contributed by atoms with Crippen molar-refractivity contribution in [2.24, 2.45) is 12.8 Å². The van der Waals surface area contributed by atoms with Gasteiger partial charge in [0.25, 0.3) is 0 Å². The molecular formula is C11H12ClN5S. The average molecular weight is 282 g/mol. The van der Waals surface area contributed by atoms with Crippen molar-refractivity contribution in [3.63, 3.8) is 0 Å². The summed E-state index contributed by atoms with van der Waals surface area (Å²) in [4.78, 5) is 4.42. The average Bonchev–Trinajstić information content (AvgIpc) is 2.73. The van der Waals surface area contributed by atoms with Gasteiger partial charge in [-0.25, -0.2) is 4.98 Å². The van der Waals surface area contributed by atoms with Crippen molar-refractivity contribution in [2.45, 2.75) is 6.54 Å². The lowest BCUT2D eigenvalue weighted by atomic mass is 10.2. The predicted octanol–water partition coefficient (Wildman–Crippen LogP) is 1.71. The Morgan fingerprint density at radius 2 is 2.33 bits per heavy atom. The van der Waals surface area contributed by atoms with E-state index in [4.69, 9.17) is 29.6 Å². The van der Waals surface area contributed by atoms with Crippen LogP contribution in [-0.2, 0) is 13.6 Å². The Kier molecular flexibility index (Phi) is 3.78. The van der Waals surface area contributed by atoms with Crippen LogP contribution < -0.4 is 11.1 Å². The molecule has 0 amide bonds. The summed E-state index contributed by atoms with van der Waals surface area (Å²) in [7, 11) is 1.82. The van der Waals surface area contributed by atoms with E-state index >= 15 is 0 Å². The molecule has 7 heteroatoms. The number of aromatic nitrogens is 3. The second-order valence-corrected chi connectivity index (χ2v) is 4.62. The minimum absolute atomic E-state index is 0.300. The van der Waals surface area contributed by atoms with Gasteiger partial charge in [-0.15, -0.1) is 0 Å². The normalized spacial score (nSPS) is 10.3.